The largest absolute Gasteiger partial charge is 0.416 e. The molecule has 2 aromatic rings. The van der Waals surface area contributed by atoms with Crippen LogP contribution in [0.3, 0.4) is 0 Å². The Morgan fingerprint density at radius 2 is 1.95 bits per heavy atom. The number of aryl methyl sites for hydroxylation is 1. The quantitative estimate of drug-likeness (QED) is 0.914. The molecule has 0 saturated carbocycles. The van der Waals surface area contributed by atoms with Gasteiger partial charge in [0.1, 0.15) is 5.82 Å². The summed E-state index contributed by atoms with van der Waals surface area (Å²) in [6, 6.07) is 3.63. The first-order chi connectivity index (χ1) is 9.91. The molecular formula is C15H16F3N3. The maximum atomic E-state index is 12.7. The van der Waals surface area contributed by atoms with Crippen LogP contribution >= 0.6 is 0 Å². The van der Waals surface area contributed by atoms with E-state index >= 15 is 0 Å². The molecule has 0 aliphatic heterocycles. The van der Waals surface area contributed by atoms with Gasteiger partial charge >= 0.3 is 6.18 Å². The standard InChI is InChI=1S/C15H16F3N3/c1-3-6-20-14-9-19-8-13(21-14)12-5-4-11(7-10(12)2)15(16,17)18/h4-5,7-9H,3,6H2,1-2H3,(H,20,21). The monoisotopic (exact) mass is 295 g/mol. The first-order valence-corrected chi connectivity index (χ1v) is 6.66. The Kier molecular flexibility index (Phi) is 4.45. The first-order valence-electron chi connectivity index (χ1n) is 6.66. The Morgan fingerprint density at radius 1 is 1.19 bits per heavy atom. The predicted molar refractivity (Wildman–Crippen MR) is 76.0 cm³/mol. The van der Waals surface area contributed by atoms with E-state index in [2.05, 4.69) is 15.3 Å². The minimum atomic E-state index is -4.33. The van der Waals surface area contributed by atoms with Crippen LogP contribution in [0.1, 0.15) is 24.5 Å². The second-order valence-corrected chi connectivity index (χ2v) is 4.74. The third-order valence-corrected chi connectivity index (χ3v) is 3.02. The molecule has 1 aromatic heterocycles. The molecule has 0 unspecified atom stereocenters. The summed E-state index contributed by atoms with van der Waals surface area (Å²) in [6.07, 6.45) is -0.240. The van der Waals surface area contributed by atoms with Crippen LogP contribution in [0.25, 0.3) is 11.3 Å². The Labute approximate surface area is 121 Å². The Bertz CT molecular complexity index is 624. The van der Waals surface area contributed by atoms with E-state index in [0.29, 0.717) is 22.6 Å². The van der Waals surface area contributed by atoms with Crippen LogP contribution in [0.4, 0.5) is 19.0 Å². The summed E-state index contributed by atoms with van der Waals surface area (Å²) in [5.41, 5.74) is 1.07. The summed E-state index contributed by atoms with van der Waals surface area (Å²) in [4.78, 5) is 8.46. The lowest BCUT2D eigenvalue weighted by atomic mass is 10.0. The topological polar surface area (TPSA) is 37.8 Å². The summed E-state index contributed by atoms with van der Waals surface area (Å²) in [6.45, 7) is 4.44. The third-order valence-electron chi connectivity index (χ3n) is 3.02. The maximum absolute atomic E-state index is 12.7. The van der Waals surface area contributed by atoms with E-state index in [1.54, 1.807) is 19.3 Å². The molecule has 0 radical (unpaired) electrons. The van der Waals surface area contributed by atoms with Gasteiger partial charge in [0, 0.05) is 12.1 Å². The number of anilines is 1. The molecule has 3 nitrogen and oxygen atoms in total. The van der Waals surface area contributed by atoms with E-state index < -0.39 is 11.7 Å². The summed E-state index contributed by atoms with van der Waals surface area (Å²) in [5, 5.41) is 3.11. The van der Waals surface area contributed by atoms with Gasteiger partial charge in [0.25, 0.3) is 0 Å². The molecule has 1 aromatic carbocycles. The van der Waals surface area contributed by atoms with E-state index in [9.17, 15) is 13.2 Å². The highest BCUT2D eigenvalue weighted by molar-refractivity contribution is 5.64. The Balaban J connectivity index is 2.34. The highest BCUT2D eigenvalue weighted by atomic mass is 19.4. The van der Waals surface area contributed by atoms with Gasteiger partial charge in [-0.1, -0.05) is 13.0 Å². The van der Waals surface area contributed by atoms with Crippen molar-refractivity contribution in [1.82, 2.24) is 9.97 Å². The van der Waals surface area contributed by atoms with Crippen molar-refractivity contribution in [1.29, 1.82) is 0 Å². The van der Waals surface area contributed by atoms with Gasteiger partial charge in [-0.15, -0.1) is 0 Å². The molecule has 0 aliphatic rings. The average Bonchev–Trinajstić information content (AvgIpc) is 2.44. The van der Waals surface area contributed by atoms with E-state index in [-0.39, 0.29) is 0 Å². The normalized spacial score (nSPS) is 11.5. The highest BCUT2D eigenvalue weighted by Crippen LogP contribution is 2.32. The number of alkyl halides is 3. The number of hydrogen-bond acceptors (Lipinski definition) is 3. The van der Waals surface area contributed by atoms with E-state index in [4.69, 9.17) is 0 Å². The fourth-order valence-electron chi connectivity index (χ4n) is 1.96. The fraction of sp³-hybridized carbons (Fsp3) is 0.333. The van der Waals surface area contributed by atoms with Gasteiger partial charge in [-0.3, -0.25) is 4.98 Å². The van der Waals surface area contributed by atoms with Crippen molar-refractivity contribution in [3.05, 3.63) is 41.7 Å². The molecule has 0 spiro atoms. The SMILES string of the molecule is CCCNc1cncc(-c2ccc(C(F)(F)F)cc2C)n1. The lowest BCUT2D eigenvalue weighted by Crippen LogP contribution is -2.06. The average molecular weight is 295 g/mol. The minimum absolute atomic E-state index is 0.520. The van der Waals surface area contributed by atoms with Crippen molar-refractivity contribution in [2.75, 3.05) is 11.9 Å². The lowest BCUT2D eigenvalue weighted by Gasteiger charge is -2.11. The van der Waals surface area contributed by atoms with Crippen LogP contribution in [0.5, 0.6) is 0 Å². The second kappa shape index (κ2) is 6.11. The number of nitrogens with one attached hydrogen (secondary N) is 1. The zero-order valence-electron chi connectivity index (χ0n) is 11.8. The van der Waals surface area contributed by atoms with E-state index in [1.165, 1.54) is 6.07 Å². The molecule has 0 amide bonds. The predicted octanol–water partition coefficient (Wildman–Crippen LogP) is 4.29. The van der Waals surface area contributed by atoms with Crippen LogP contribution < -0.4 is 5.32 Å². The number of rotatable bonds is 4. The molecular weight excluding hydrogens is 279 g/mol. The Hall–Kier alpha value is -2.11. The number of hydrogen-bond donors (Lipinski definition) is 1. The molecule has 0 fully saturated rings. The number of nitrogens with zero attached hydrogens (tertiary/aromatic N) is 2. The maximum Gasteiger partial charge on any atom is 0.416 e. The molecule has 0 aliphatic carbocycles. The molecule has 0 bridgehead atoms. The summed E-state index contributed by atoms with van der Waals surface area (Å²) in [5.74, 6) is 0.619. The zero-order chi connectivity index (χ0) is 15.5. The Morgan fingerprint density at radius 3 is 2.57 bits per heavy atom. The molecule has 2 rings (SSSR count). The van der Waals surface area contributed by atoms with Crippen LogP contribution in [0, 0.1) is 6.92 Å². The molecule has 1 N–H and O–H groups in total. The van der Waals surface area contributed by atoms with Gasteiger partial charge in [-0.2, -0.15) is 13.2 Å². The number of aromatic nitrogens is 2. The zero-order valence-corrected chi connectivity index (χ0v) is 11.8. The van der Waals surface area contributed by atoms with Gasteiger partial charge in [-0.25, -0.2) is 4.98 Å². The number of halogens is 3. The highest BCUT2D eigenvalue weighted by Gasteiger charge is 2.30. The molecule has 1 heterocycles. The van der Waals surface area contributed by atoms with Crippen LogP contribution in [-0.2, 0) is 6.18 Å². The minimum Gasteiger partial charge on any atom is -0.369 e. The second-order valence-electron chi connectivity index (χ2n) is 4.74. The first kappa shape index (κ1) is 15.3. The van der Waals surface area contributed by atoms with Crippen LogP contribution in [0.15, 0.2) is 30.6 Å². The van der Waals surface area contributed by atoms with Crippen molar-refractivity contribution in [2.24, 2.45) is 0 Å². The van der Waals surface area contributed by atoms with Crippen LogP contribution in [-0.4, -0.2) is 16.5 Å². The summed E-state index contributed by atoms with van der Waals surface area (Å²) in [7, 11) is 0. The molecule has 0 saturated heterocycles. The van der Waals surface area contributed by atoms with Crippen molar-refractivity contribution < 1.29 is 13.2 Å². The van der Waals surface area contributed by atoms with Gasteiger partial charge in [-0.05, 0) is 31.0 Å². The molecule has 6 heteroatoms. The van der Waals surface area contributed by atoms with E-state index in [0.717, 1.165) is 25.1 Å². The van der Waals surface area contributed by atoms with Crippen LogP contribution in [0.2, 0.25) is 0 Å². The summed E-state index contributed by atoms with van der Waals surface area (Å²) >= 11 is 0. The van der Waals surface area contributed by atoms with Crippen molar-refractivity contribution in [3.63, 3.8) is 0 Å². The van der Waals surface area contributed by atoms with E-state index in [1.807, 2.05) is 6.92 Å². The van der Waals surface area contributed by atoms with Crippen molar-refractivity contribution in [3.8, 4) is 11.3 Å². The van der Waals surface area contributed by atoms with Gasteiger partial charge < -0.3 is 5.32 Å². The summed E-state index contributed by atoms with van der Waals surface area (Å²) < 4.78 is 38.0. The third kappa shape index (κ3) is 3.71. The van der Waals surface area contributed by atoms with Crippen molar-refractivity contribution >= 4 is 5.82 Å². The molecule has 21 heavy (non-hydrogen) atoms. The van der Waals surface area contributed by atoms with Gasteiger partial charge in [0.2, 0.25) is 0 Å². The fourth-order valence-corrected chi connectivity index (χ4v) is 1.96. The van der Waals surface area contributed by atoms with Gasteiger partial charge in [0.05, 0.1) is 23.7 Å². The smallest absolute Gasteiger partial charge is 0.369 e. The lowest BCUT2D eigenvalue weighted by molar-refractivity contribution is -0.137. The number of benzene rings is 1. The molecule has 112 valence electrons. The van der Waals surface area contributed by atoms with Crippen molar-refractivity contribution in [2.45, 2.75) is 26.4 Å². The molecule has 0 atom stereocenters. The van der Waals surface area contributed by atoms with Gasteiger partial charge in [0.15, 0.2) is 0 Å².